The Morgan fingerprint density at radius 3 is 2.56 bits per heavy atom. The van der Waals surface area contributed by atoms with Gasteiger partial charge >= 0.3 is 0 Å². The molecule has 0 saturated heterocycles. The van der Waals surface area contributed by atoms with Crippen molar-refractivity contribution < 1.29 is 0 Å². The van der Waals surface area contributed by atoms with Crippen molar-refractivity contribution >= 4 is 0 Å². The summed E-state index contributed by atoms with van der Waals surface area (Å²) < 4.78 is 0. The first kappa shape index (κ1) is 5.52. The Kier molecular flexibility index (Phi) is 0.992. The SMILES string of the molecule is CC1CC2CC1=CC2C. The van der Waals surface area contributed by atoms with Crippen molar-refractivity contribution in [3.05, 3.63) is 11.6 Å². The van der Waals surface area contributed by atoms with Crippen molar-refractivity contribution in [2.45, 2.75) is 26.7 Å². The average Bonchev–Trinajstić information content (AvgIpc) is 2.24. The second kappa shape index (κ2) is 1.62. The van der Waals surface area contributed by atoms with Crippen LogP contribution in [0.2, 0.25) is 0 Å². The van der Waals surface area contributed by atoms with Crippen LogP contribution in [0.4, 0.5) is 0 Å². The topological polar surface area (TPSA) is 0 Å². The molecule has 3 atom stereocenters. The van der Waals surface area contributed by atoms with Gasteiger partial charge in [-0.2, -0.15) is 0 Å². The van der Waals surface area contributed by atoms with E-state index in [9.17, 15) is 0 Å². The molecule has 2 rings (SSSR count). The lowest BCUT2D eigenvalue weighted by atomic mass is 9.90. The normalized spacial score (nSPS) is 47.8. The lowest BCUT2D eigenvalue weighted by Crippen LogP contribution is -2.05. The van der Waals surface area contributed by atoms with Gasteiger partial charge in [-0.3, -0.25) is 0 Å². The molecule has 0 heterocycles. The highest BCUT2D eigenvalue weighted by Gasteiger charge is 2.34. The summed E-state index contributed by atoms with van der Waals surface area (Å²) in [5.74, 6) is 2.84. The molecule has 0 aliphatic heterocycles. The summed E-state index contributed by atoms with van der Waals surface area (Å²) in [4.78, 5) is 0. The number of fused-ring (bicyclic) bond motifs is 2. The second-order valence-corrected chi connectivity index (χ2v) is 3.70. The highest BCUT2D eigenvalue weighted by Crippen LogP contribution is 2.46. The molecular weight excluding hydrogens is 108 g/mol. The summed E-state index contributed by atoms with van der Waals surface area (Å²) in [5, 5.41) is 0. The first-order chi connectivity index (χ1) is 4.27. The van der Waals surface area contributed by atoms with Crippen LogP contribution < -0.4 is 0 Å². The van der Waals surface area contributed by atoms with Gasteiger partial charge in [0.15, 0.2) is 0 Å². The van der Waals surface area contributed by atoms with Gasteiger partial charge in [-0.25, -0.2) is 0 Å². The minimum Gasteiger partial charge on any atom is -0.0819 e. The van der Waals surface area contributed by atoms with E-state index in [1.54, 1.807) is 5.57 Å². The van der Waals surface area contributed by atoms with Crippen LogP contribution in [0.3, 0.4) is 0 Å². The minimum absolute atomic E-state index is 0.899. The molecule has 1 fully saturated rings. The van der Waals surface area contributed by atoms with Gasteiger partial charge in [0.05, 0.1) is 0 Å². The van der Waals surface area contributed by atoms with Gasteiger partial charge in [-0.05, 0) is 30.6 Å². The van der Waals surface area contributed by atoms with E-state index in [4.69, 9.17) is 0 Å². The number of hydrogen-bond acceptors (Lipinski definition) is 0. The van der Waals surface area contributed by atoms with Crippen molar-refractivity contribution in [1.29, 1.82) is 0 Å². The molecule has 0 aromatic carbocycles. The fraction of sp³-hybridized carbons (Fsp3) is 0.778. The molecule has 1 saturated carbocycles. The van der Waals surface area contributed by atoms with Crippen molar-refractivity contribution in [2.24, 2.45) is 17.8 Å². The Hall–Kier alpha value is -0.260. The van der Waals surface area contributed by atoms with Crippen LogP contribution in [0.25, 0.3) is 0 Å². The van der Waals surface area contributed by atoms with Gasteiger partial charge in [0, 0.05) is 0 Å². The van der Waals surface area contributed by atoms with Crippen molar-refractivity contribution in [3.8, 4) is 0 Å². The Bertz CT molecular complexity index is 155. The van der Waals surface area contributed by atoms with Gasteiger partial charge in [-0.1, -0.05) is 25.5 Å². The van der Waals surface area contributed by atoms with E-state index in [1.165, 1.54) is 12.8 Å². The average molecular weight is 122 g/mol. The molecule has 0 aromatic rings. The fourth-order valence-electron chi connectivity index (χ4n) is 2.30. The predicted molar refractivity (Wildman–Crippen MR) is 39.1 cm³/mol. The van der Waals surface area contributed by atoms with Crippen LogP contribution in [-0.4, -0.2) is 0 Å². The van der Waals surface area contributed by atoms with Gasteiger partial charge in [-0.15, -0.1) is 0 Å². The minimum atomic E-state index is 0.899. The molecule has 50 valence electrons. The summed E-state index contributed by atoms with van der Waals surface area (Å²) >= 11 is 0. The summed E-state index contributed by atoms with van der Waals surface area (Å²) in [6.07, 6.45) is 5.37. The third kappa shape index (κ3) is 0.654. The smallest absolute Gasteiger partial charge is 0.0228 e. The molecule has 0 heteroatoms. The summed E-state index contributed by atoms with van der Waals surface area (Å²) in [7, 11) is 0. The van der Waals surface area contributed by atoms with Crippen LogP contribution in [0.5, 0.6) is 0 Å². The fourth-order valence-corrected chi connectivity index (χ4v) is 2.30. The molecule has 0 nitrogen and oxygen atoms in total. The third-order valence-electron chi connectivity index (χ3n) is 3.01. The molecule has 2 aliphatic rings. The van der Waals surface area contributed by atoms with E-state index in [0.717, 1.165) is 17.8 Å². The van der Waals surface area contributed by atoms with Gasteiger partial charge in [0.1, 0.15) is 0 Å². The zero-order valence-corrected chi connectivity index (χ0v) is 6.22. The molecule has 0 aromatic heterocycles. The molecular formula is C9H14. The standard InChI is InChI=1S/C9H14/c1-6-3-9-5-8(6)4-7(9)2/h3,6-8H,4-5H2,1-2H3. The maximum absolute atomic E-state index is 2.48. The van der Waals surface area contributed by atoms with E-state index in [-0.39, 0.29) is 0 Å². The molecule has 0 radical (unpaired) electrons. The first-order valence-electron chi connectivity index (χ1n) is 3.98. The molecule has 2 aliphatic carbocycles. The largest absolute Gasteiger partial charge is 0.0819 e. The molecule has 2 bridgehead atoms. The Balaban J connectivity index is 2.27. The van der Waals surface area contributed by atoms with E-state index in [2.05, 4.69) is 19.9 Å². The zero-order chi connectivity index (χ0) is 6.43. The highest BCUT2D eigenvalue weighted by atomic mass is 14.4. The van der Waals surface area contributed by atoms with Crippen LogP contribution in [-0.2, 0) is 0 Å². The molecule has 3 unspecified atom stereocenters. The predicted octanol–water partition coefficient (Wildman–Crippen LogP) is 2.61. The van der Waals surface area contributed by atoms with E-state index < -0.39 is 0 Å². The summed E-state index contributed by atoms with van der Waals surface area (Å²) in [6, 6.07) is 0. The van der Waals surface area contributed by atoms with Crippen LogP contribution in [0, 0.1) is 17.8 Å². The number of allylic oxidation sites excluding steroid dienone is 2. The lowest BCUT2D eigenvalue weighted by Gasteiger charge is -2.15. The summed E-state index contributed by atoms with van der Waals surface area (Å²) in [5.41, 5.74) is 1.74. The Labute approximate surface area is 57.0 Å². The maximum atomic E-state index is 2.48. The highest BCUT2D eigenvalue weighted by molar-refractivity contribution is 5.21. The van der Waals surface area contributed by atoms with Crippen LogP contribution >= 0.6 is 0 Å². The first-order valence-corrected chi connectivity index (χ1v) is 3.98. The van der Waals surface area contributed by atoms with Crippen molar-refractivity contribution in [3.63, 3.8) is 0 Å². The number of hydrogen-bond donors (Lipinski definition) is 0. The van der Waals surface area contributed by atoms with E-state index in [1.807, 2.05) is 0 Å². The third-order valence-corrected chi connectivity index (χ3v) is 3.01. The summed E-state index contributed by atoms with van der Waals surface area (Å²) in [6.45, 7) is 4.71. The van der Waals surface area contributed by atoms with E-state index >= 15 is 0 Å². The second-order valence-electron chi connectivity index (χ2n) is 3.70. The maximum Gasteiger partial charge on any atom is -0.0228 e. The number of rotatable bonds is 0. The monoisotopic (exact) mass is 122 g/mol. The molecule has 0 amide bonds. The van der Waals surface area contributed by atoms with Crippen LogP contribution in [0.15, 0.2) is 11.6 Å². The molecule has 9 heavy (non-hydrogen) atoms. The van der Waals surface area contributed by atoms with Crippen molar-refractivity contribution in [2.75, 3.05) is 0 Å². The van der Waals surface area contributed by atoms with Gasteiger partial charge < -0.3 is 0 Å². The zero-order valence-electron chi connectivity index (χ0n) is 6.22. The van der Waals surface area contributed by atoms with Crippen LogP contribution in [0.1, 0.15) is 26.7 Å². The van der Waals surface area contributed by atoms with Crippen molar-refractivity contribution in [1.82, 2.24) is 0 Å². The molecule has 0 spiro atoms. The lowest BCUT2D eigenvalue weighted by molar-refractivity contribution is 0.417. The quantitative estimate of drug-likeness (QED) is 0.433. The Morgan fingerprint density at radius 1 is 1.44 bits per heavy atom. The molecule has 0 N–H and O–H groups in total. The Morgan fingerprint density at radius 2 is 2.22 bits per heavy atom. The van der Waals surface area contributed by atoms with Gasteiger partial charge in [0.25, 0.3) is 0 Å². The van der Waals surface area contributed by atoms with Gasteiger partial charge in [0.2, 0.25) is 0 Å². The van der Waals surface area contributed by atoms with E-state index in [0.29, 0.717) is 0 Å².